The number of aryl methyl sites for hydroxylation is 2. The second-order valence-electron chi connectivity index (χ2n) is 4.16. The molecule has 2 rings (SSSR count). The molecule has 0 bridgehead atoms. The van der Waals surface area contributed by atoms with Gasteiger partial charge in [-0.2, -0.15) is 9.66 Å². The van der Waals surface area contributed by atoms with Gasteiger partial charge >= 0.3 is 0 Å². The smallest absolute Gasteiger partial charge is 0.289 e. The molecular weight excluding hydrogens is 266 g/mol. The number of imidazole rings is 1. The van der Waals surface area contributed by atoms with Gasteiger partial charge in [-0.1, -0.05) is 0 Å². The molecule has 2 aromatic heterocycles. The first kappa shape index (κ1) is 13.4. The van der Waals surface area contributed by atoms with Gasteiger partial charge in [0.25, 0.3) is 5.65 Å². The second kappa shape index (κ2) is 5.29. The zero-order chi connectivity index (χ0) is 14.0. The van der Waals surface area contributed by atoms with E-state index in [1.54, 1.807) is 16.7 Å². The monoisotopic (exact) mass is 277 g/mol. The number of rotatable bonds is 4. The number of aromatic nitrogens is 2. The predicted molar refractivity (Wildman–Crippen MR) is 67.1 cm³/mol. The molecule has 0 atom stereocenters. The number of hydrogen-bond donors (Lipinski definition) is 0. The number of ketones is 1. The van der Waals surface area contributed by atoms with Crippen LogP contribution in [-0.2, 0) is 6.54 Å². The molecule has 0 N–H and O–H groups in total. The van der Waals surface area contributed by atoms with E-state index < -0.39 is 11.7 Å². The molecule has 2 aromatic rings. The quantitative estimate of drug-likeness (QED) is 0.474. The van der Waals surface area contributed by atoms with Gasteiger partial charge in [-0.05, 0) is 19.1 Å². The Morgan fingerprint density at radius 3 is 3.00 bits per heavy atom. The molecule has 98 valence electrons. The Morgan fingerprint density at radius 1 is 1.63 bits per heavy atom. The standard InChI is InChI=1S/C13H12ClN3O2/c1-9-4-2-6-16-11(10(18)8-14)13(19)17(12(9)16)7-3-5-15/h2,4,6H,3,7-8H2,1H3. The van der Waals surface area contributed by atoms with E-state index in [4.69, 9.17) is 16.9 Å². The summed E-state index contributed by atoms with van der Waals surface area (Å²) in [4.78, 5) is 11.8. The average Bonchev–Trinajstić information content (AvgIpc) is 2.69. The molecule has 0 fully saturated rings. The van der Waals surface area contributed by atoms with Crippen LogP contribution in [0.15, 0.2) is 18.3 Å². The van der Waals surface area contributed by atoms with Crippen LogP contribution in [0.3, 0.4) is 0 Å². The van der Waals surface area contributed by atoms with Crippen LogP contribution in [-0.4, -0.2) is 16.2 Å². The highest BCUT2D eigenvalue weighted by Crippen LogP contribution is 2.19. The van der Waals surface area contributed by atoms with E-state index in [2.05, 4.69) is 0 Å². The average molecular weight is 278 g/mol. The van der Waals surface area contributed by atoms with E-state index in [9.17, 15) is 9.90 Å². The van der Waals surface area contributed by atoms with Gasteiger partial charge in [0.15, 0.2) is 0 Å². The van der Waals surface area contributed by atoms with Gasteiger partial charge in [-0.15, -0.1) is 11.6 Å². The number of halogens is 1. The van der Waals surface area contributed by atoms with Crippen molar-refractivity contribution in [3.63, 3.8) is 0 Å². The van der Waals surface area contributed by atoms with E-state index in [1.807, 2.05) is 19.1 Å². The Hall–Kier alpha value is -2.06. The number of carbonyl (C=O) groups excluding carboxylic acids is 1. The van der Waals surface area contributed by atoms with Gasteiger partial charge in [0, 0.05) is 5.56 Å². The number of hydrogen-bond acceptors (Lipinski definition) is 3. The van der Waals surface area contributed by atoms with Gasteiger partial charge in [0.05, 0.1) is 24.6 Å². The van der Waals surface area contributed by atoms with Crippen LogP contribution in [0.1, 0.15) is 22.5 Å². The SMILES string of the molecule is Cc1ccc[n+]2c(C(=O)CCl)c([O-])n(CCC#N)c12. The van der Waals surface area contributed by atoms with Crippen LogP contribution in [0.5, 0.6) is 5.88 Å². The van der Waals surface area contributed by atoms with Gasteiger partial charge in [-0.3, -0.25) is 4.79 Å². The zero-order valence-corrected chi connectivity index (χ0v) is 11.1. The fourth-order valence-corrected chi connectivity index (χ4v) is 2.27. The van der Waals surface area contributed by atoms with Crippen LogP contribution in [0.2, 0.25) is 0 Å². The summed E-state index contributed by atoms with van der Waals surface area (Å²) in [5.74, 6) is -1.05. The van der Waals surface area contributed by atoms with Crippen molar-refractivity contribution in [3.05, 3.63) is 29.6 Å². The highest BCUT2D eigenvalue weighted by Gasteiger charge is 2.25. The molecule has 6 heteroatoms. The summed E-state index contributed by atoms with van der Waals surface area (Å²) in [5, 5.41) is 21.0. The molecule has 0 saturated carbocycles. The second-order valence-corrected chi connectivity index (χ2v) is 4.42. The van der Waals surface area contributed by atoms with Crippen LogP contribution >= 0.6 is 11.6 Å². The Labute approximate surface area is 115 Å². The molecule has 0 radical (unpaired) electrons. The summed E-state index contributed by atoms with van der Waals surface area (Å²) in [6.07, 6.45) is 1.87. The molecule has 0 aliphatic rings. The van der Waals surface area contributed by atoms with Crippen molar-refractivity contribution in [2.45, 2.75) is 19.9 Å². The molecule has 5 nitrogen and oxygen atoms in total. The molecule has 0 saturated heterocycles. The highest BCUT2D eigenvalue weighted by atomic mass is 35.5. The minimum atomic E-state index is -0.414. The van der Waals surface area contributed by atoms with Crippen molar-refractivity contribution in [1.29, 1.82) is 5.26 Å². The van der Waals surface area contributed by atoms with Crippen molar-refractivity contribution < 1.29 is 14.3 Å². The lowest BCUT2D eigenvalue weighted by atomic mass is 10.3. The van der Waals surface area contributed by atoms with E-state index in [-0.39, 0.29) is 24.5 Å². The summed E-state index contributed by atoms with van der Waals surface area (Å²) in [7, 11) is 0. The summed E-state index contributed by atoms with van der Waals surface area (Å²) < 4.78 is 3.01. The zero-order valence-electron chi connectivity index (χ0n) is 10.4. The van der Waals surface area contributed by atoms with Crippen molar-refractivity contribution in [3.8, 4) is 11.9 Å². The predicted octanol–water partition coefficient (Wildman–Crippen LogP) is 0.944. The van der Waals surface area contributed by atoms with E-state index in [1.165, 1.54) is 4.57 Å². The lowest BCUT2D eigenvalue weighted by Crippen LogP contribution is -2.29. The van der Waals surface area contributed by atoms with Crippen molar-refractivity contribution >= 4 is 23.0 Å². The Morgan fingerprint density at radius 2 is 2.37 bits per heavy atom. The Bertz CT molecular complexity index is 685. The van der Waals surface area contributed by atoms with Crippen LogP contribution < -0.4 is 9.51 Å². The number of pyridine rings is 1. The number of alkyl halides is 1. The number of nitriles is 1. The van der Waals surface area contributed by atoms with E-state index in [0.29, 0.717) is 5.65 Å². The van der Waals surface area contributed by atoms with Gasteiger partial charge in [0.1, 0.15) is 12.4 Å². The third kappa shape index (κ3) is 2.15. The van der Waals surface area contributed by atoms with Gasteiger partial charge in [-0.25, -0.2) is 4.57 Å². The lowest BCUT2D eigenvalue weighted by molar-refractivity contribution is -0.516. The molecule has 0 amide bonds. The maximum absolute atomic E-state index is 12.3. The molecule has 19 heavy (non-hydrogen) atoms. The topological polar surface area (TPSA) is 73.0 Å². The van der Waals surface area contributed by atoms with Crippen LogP contribution in [0, 0.1) is 18.3 Å². The van der Waals surface area contributed by atoms with Gasteiger partial charge in [0.2, 0.25) is 11.5 Å². The molecule has 0 aliphatic carbocycles. The van der Waals surface area contributed by atoms with E-state index in [0.717, 1.165) is 5.56 Å². The van der Waals surface area contributed by atoms with E-state index >= 15 is 0 Å². The largest absolute Gasteiger partial charge is 0.839 e. The first-order valence-corrected chi connectivity index (χ1v) is 6.31. The van der Waals surface area contributed by atoms with Crippen LogP contribution in [0.4, 0.5) is 0 Å². The maximum atomic E-state index is 12.3. The number of nitrogens with zero attached hydrogens (tertiary/aromatic N) is 3. The fraction of sp³-hybridized carbons (Fsp3) is 0.308. The molecule has 0 spiro atoms. The highest BCUT2D eigenvalue weighted by molar-refractivity contribution is 6.30. The van der Waals surface area contributed by atoms with Gasteiger partial charge < -0.3 is 5.11 Å². The normalized spacial score (nSPS) is 10.6. The maximum Gasteiger partial charge on any atom is 0.289 e. The first-order chi connectivity index (χ1) is 9.11. The summed E-state index contributed by atoms with van der Waals surface area (Å²) >= 11 is 5.55. The Kier molecular flexibility index (Phi) is 3.72. The number of carbonyl (C=O) groups is 1. The summed E-state index contributed by atoms with van der Waals surface area (Å²) in [5.41, 5.74) is 1.55. The Balaban J connectivity index is 2.77. The third-order valence-corrected chi connectivity index (χ3v) is 3.18. The van der Waals surface area contributed by atoms with Crippen molar-refractivity contribution in [2.24, 2.45) is 0 Å². The summed E-state index contributed by atoms with van der Waals surface area (Å²) in [6.45, 7) is 2.12. The van der Waals surface area contributed by atoms with Crippen molar-refractivity contribution in [1.82, 2.24) is 4.57 Å². The first-order valence-electron chi connectivity index (χ1n) is 5.78. The molecule has 0 aliphatic heterocycles. The lowest BCUT2D eigenvalue weighted by Gasteiger charge is -2.04. The molecular formula is C13H12ClN3O2. The summed E-state index contributed by atoms with van der Waals surface area (Å²) in [6, 6.07) is 5.62. The molecule has 2 heterocycles. The third-order valence-electron chi connectivity index (χ3n) is 2.94. The fourth-order valence-electron chi connectivity index (χ4n) is 2.15. The van der Waals surface area contributed by atoms with Crippen molar-refractivity contribution in [2.75, 3.05) is 5.88 Å². The molecule has 0 aromatic carbocycles. The minimum absolute atomic E-state index is 0.0478. The van der Waals surface area contributed by atoms with Crippen LogP contribution in [0.25, 0.3) is 5.65 Å². The molecule has 0 unspecified atom stereocenters. The minimum Gasteiger partial charge on any atom is -0.839 e. The number of Topliss-reactive ketones (excluding diaryl/α,β-unsaturated/α-hetero) is 1. The number of fused-ring (bicyclic) bond motifs is 1.